The lowest BCUT2D eigenvalue weighted by Crippen LogP contribution is -2.27. The van der Waals surface area contributed by atoms with Crippen LogP contribution in [0.2, 0.25) is 5.02 Å². The number of benzene rings is 2. The second-order valence-electron chi connectivity index (χ2n) is 6.73. The predicted octanol–water partition coefficient (Wildman–Crippen LogP) is 3.64. The van der Waals surface area contributed by atoms with E-state index in [0.717, 1.165) is 33.3 Å². The Morgan fingerprint density at radius 2 is 1.93 bits per heavy atom. The lowest BCUT2D eigenvalue weighted by molar-refractivity contribution is 0.562. The number of rotatable bonds is 4. The van der Waals surface area contributed by atoms with E-state index in [1.54, 1.807) is 6.92 Å². The molecule has 0 saturated heterocycles. The van der Waals surface area contributed by atoms with Gasteiger partial charge >= 0.3 is 0 Å². The smallest absolute Gasteiger partial charge is 0.209 e. The minimum absolute atomic E-state index is 0.283. The number of nitrogens with one attached hydrogen (secondary N) is 1. The standard InChI is InChI=1S/C19H17BrClN5O2S/c1-11(25-29(2,27)28)19-24-23-17-10-22-18(13-5-3-4-6-15(13)21)14-9-12(20)7-8-16(14)26(17)19/h3-9,11,25H,10H2,1-2H3/t11-/m0/s1. The van der Waals surface area contributed by atoms with Gasteiger partial charge in [0.25, 0.3) is 0 Å². The lowest BCUT2D eigenvalue weighted by atomic mass is 10.0. The van der Waals surface area contributed by atoms with Crippen LogP contribution in [0, 0.1) is 0 Å². The monoisotopic (exact) mass is 493 g/mol. The average Bonchev–Trinajstić information content (AvgIpc) is 2.99. The van der Waals surface area contributed by atoms with Crippen molar-refractivity contribution in [1.82, 2.24) is 19.5 Å². The third-order valence-electron chi connectivity index (χ3n) is 4.50. The summed E-state index contributed by atoms with van der Waals surface area (Å²) < 4.78 is 28.8. The van der Waals surface area contributed by atoms with E-state index in [9.17, 15) is 8.42 Å². The summed E-state index contributed by atoms with van der Waals surface area (Å²) in [6.45, 7) is 2.02. The molecule has 0 radical (unpaired) electrons. The van der Waals surface area contributed by atoms with Gasteiger partial charge in [-0.05, 0) is 31.2 Å². The van der Waals surface area contributed by atoms with E-state index in [1.807, 2.05) is 47.0 Å². The molecule has 150 valence electrons. The second kappa shape index (κ2) is 7.64. The molecule has 0 spiro atoms. The number of fused-ring (bicyclic) bond motifs is 3. The zero-order valence-electron chi connectivity index (χ0n) is 15.6. The van der Waals surface area contributed by atoms with Crippen LogP contribution in [0.1, 0.15) is 35.7 Å². The van der Waals surface area contributed by atoms with Gasteiger partial charge in [-0.25, -0.2) is 13.1 Å². The Morgan fingerprint density at radius 3 is 2.66 bits per heavy atom. The maximum absolute atomic E-state index is 11.7. The highest BCUT2D eigenvalue weighted by Crippen LogP contribution is 2.31. The van der Waals surface area contributed by atoms with Gasteiger partial charge < -0.3 is 0 Å². The Balaban J connectivity index is 1.92. The maximum Gasteiger partial charge on any atom is 0.209 e. The summed E-state index contributed by atoms with van der Waals surface area (Å²) in [6, 6.07) is 12.8. The molecule has 1 aromatic heterocycles. The van der Waals surface area contributed by atoms with Crippen LogP contribution in [0.4, 0.5) is 0 Å². The molecule has 0 unspecified atom stereocenters. The summed E-state index contributed by atoms with van der Waals surface area (Å²) >= 11 is 9.98. The highest BCUT2D eigenvalue weighted by atomic mass is 79.9. The van der Waals surface area contributed by atoms with Crippen LogP contribution in [-0.4, -0.2) is 35.1 Å². The molecule has 0 amide bonds. The van der Waals surface area contributed by atoms with Crippen molar-refractivity contribution in [3.05, 3.63) is 74.7 Å². The molecular weight excluding hydrogens is 478 g/mol. The van der Waals surface area contributed by atoms with Gasteiger partial charge in [-0.1, -0.05) is 45.7 Å². The highest BCUT2D eigenvalue weighted by molar-refractivity contribution is 9.10. The fraction of sp³-hybridized carbons (Fsp3) is 0.211. The van der Waals surface area contributed by atoms with Gasteiger partial charge in [0.2, 0.25) is 10.0 Å². The minimum Gasteiger partial charge on any atom is -0.279 e. The molecule has 0 saturated carbocycles. The topological polar surface area (TPSA) is 89.2 Å². The second-order valence-corrected chi connectivity index (χ2v) is 9.83. The molecule has 2 aromatic carbocycles. The lowest BCUT2D eigenvalue weighted by Gasteiger charge is -2.17. The van der Waals surface area contributed by atoms with Crippen molar-refractivity contribution in [2.75, 3.05) is 6.26 Å². The summed E-state index contributed by atoms with van der Waals surface area (Å²) in [5, 5.41) is 9.10. The molecule has 0 fully saturated rings. The van der Waals surface area contributed by atoms with E-state index >= 15 is 0 Å². The molecule has 4 rings (SSSR count). The Kier molecular flexibility index (Phi) is 5.32. The first-order chi connectivity index (χ1) is 13.7. The summed E-state index contributed by atoms with van der Waals surface area (Å²) in [5.41, 5.74) is 3.21. The van der Waals surface area contributed by atoms with Gasteiger partial charge in [0, 0.05) is 20.6 Å². The van der Waals surface area contributed by atoms with Gasteiger partial charge in [0.15, 0.2) is 11.6 Å². The molecule has 0 bridgehead atoms. The van der Waals surface area contributed by atoms with Crippen molar-refractivity contribution < 1.29 is 8.42 Å². The van der Waals surface area contributed by atoms with E-state index in [-0.39, 0.29) is 6.54 Å². The fourth-order valence-electron chi connectivity index (χ4n) is 3.36. The van der Waals surface area contributed by atoms with Crippen molar-refractivity contribution in [1.29, 1.82) is 0 Å². The van der Waals surface area contributed by atoms with Crippen molar-refractivity contribution in [3.63, 3.8) is 0 Å². The largest absolute Gasteiger partial charge is 0.279 e. The zero-order chi connectivity index (χ0) is 20.8. The molecule has 0 aliphatic carbocycles. The normalized spacial score (nSPS) is 14.6. The molecule has 1 N–H and O–H groups in total. The molecule has 2 heterocycles. The zero-order valence-corrected chi connectivity index (χ0v) is 18.8. The number of sulfonamides is 1. The number of aromatic nitrogens is 3. The summed E-state index contributed by atoms with van der Waals surface area (Å²) in [5.74, 6) is 1.11. The van der Waals surface area contributed by atoms with Gasteiger partial charge in [0.1, 0.15) is 6.54 Å². The predicted molar refractivity (Wildman–Crippen MR) is 116 cm³/mol. The van der Waals surface area contributed by atoms with E-state index < -0.39 is 16.1 Å². The number of aliphatic imine (C=N–C) groups is 1. The molecule has 7 nitrogen and oxygen atoms in total. The van der Waals surface area contributed by atoms with Crippen LogP contribution < -0.4 is 4.72 Å². The quantitative estimate of drug-likeness (QED) is 0.600. The molecular formula is C19H17BrClN5O2S. The summed E-state index contributed by atoms with van der Waals surface area (Å²) in [4.78, 5) is 4.77. The fourth-order valence-corrected chi connectivity index (χ4v) is 4.69. The Morgan fingerprint density at radius 1 is 1.17 bits per heavy atom. The third-order valence-corrected chi connectivity index (χ3v) is 6.10. The molecule has 3 aromatic rings. The van der Waals surface area contributed by atoms with Gasteiger partial charge in [-0.3, -0.25) is 9.56 Å². The Bertz CT molecular complexity index is 1240. The first-order valence-corrected chi connectivity index (χ1v) is 11.8. The SMILES string of the molecule is C[C@H](NS(C)(=O)=O)c1nnc2n1-c1ccc(Br)cc1C(c1ccccc1Cl)=NC2. The van der Waals surface area contributed by atoms with Crippen LogP contribution >= 0.6 is 27.5 Å². The van der Waals surface area contributed by atoms with Gasteiger partial charge in [0.05, 0.1) is 23.7 Å². The maximum atomic E-state index is 11.7. The van der Waals surface area contributed by atoms with Crippen LogP contribution in [0.5, 0.6) is 0 Å². The summed E-state index contributed by atoms with van der Waals surface area (Å²) in [6.07, 6.45) is 1.12. The number of hydrogen-bond acceptors (Lipinski definition) is 5. The number of halogens is 2. The van der Waals surface area contributed by atoms with Crippen LogP contribution in [0.3, 0.4) is 0 Å². The Labute approximate surface area is 182 Å². The first-order valence-electron chi connectivity index (χ1n) is 8.76. The van der Waals surface area contributed by atoms with Crippen molar-refractivity contribution in [3.8, 4) is 5.69 Å². The molecule has 10 heteroatoms. The van der Waals surface area contributed by atoms with Gasteiger partial charge in [-0.15, -0.1) is 10.2 Å². The van der Waals surface area contributed by atoms with E-state index in [0.29, 0.717) is 16.7 Å². The van der Waals surface area contributed by atoms with Crippen molar-refractivity contribution in [2.45, 2.75) is 19.5 Å². The minimum atomic E-state index is -3.41. The van der Waals surface area contributed by atoms with Crippen molar-refractivity contribution in [2.24, 2.45) is 4.99 Å². The van der Waals surface area contributed by atoms with E-state index in [2.05, 4.69) is 30.8 Å². The third kappa shape index (κ3) is 4.00. The average molecular weight is 495 g/mol. The van der Waals surface area contributed by atoms with Crippen LogP contribution in [-0.2, 0) is 16.6 Å². The van der Waals surface area contributed by atoms with Crippen molar-refractivity contribution >= 4 is 43.3 Å². The van der Waals surface area contributed by atoms with Crippen LogP contribution in [0.15, 0.2) is 51.9 Å². The number of nitrogens with zero attached hydrogens (tertiary/aromatic N) is 4. The van der Waals surface area contributed by atoms with E-state index in [4.69, 9.17) is 16.6 Å². The molecule has 1 aliphatic rings. The van der Waals surface area contributed by atoms with Gasteiger partial charge in [-0.2, -0.15) is 0 Å². The molecule has 1 aliphatic heterocycles. The Hall–Kier alpha value is -2.07. The summed E-state index contributed by atoms with van der Waals surface area (Å²) in [7, 11) is -3.41. The first kappa shape index (κ1) is 20.2. The van der Waals surface area contributed by atoms with Crippen LogP contribution in [0.25, 0.3) is 5.69 Å². The van der Waals surface area contributed by atoms with E-state index in [1.165, 1.54) is 0 Å². The highest BCUT2D eigenvalue weighted by Gasteiger charge is 2.27. The number of hydrogen-bond donors (Lipinski definition) is 1. The molecule has 1 atom stereocenters. The molecule has 29 heavy (non-hydrogen) atoms.